The Hall–Kier alpha value is -6.65. The highest BCUT2D eigenvalue weighted by atomic mass is 15.0. The lowest BCUT2D eigenvalue weighted by molar-refractivity contribution is 1.07. The molecule has 4 heteroatoms. The van der Waals surface area contributed by atoms with E-state index < -0.39 is 0 Å². The van der Waals surface area contributed by atoms with Gasteiger partial charge in [-0.25, -0.2) is 15.0 Å². The minimum Gasteiger partial charge on any atom is -0.308 e. The number of nitrogens with zero attached hydrogens (tertiary/aromatic N) is 4. The lowest BCUT2D eigenvalue weighted by atomic mass is 9.99. The van der Waals surface area contributed by atoms with Crippen LogP contribution in [0.15, 0.2) is 182 Å². The Morgan fingerprint density at radius 1 is 0.327 bits per heavy atom. The van der Waals surface area contributed by atoms with Crippen LogP contribution in [0.1, 0.15) is 0 Å². The Morgan fingerprint density at radius 2 is 0.796 bits per heavy atom. The maximum Gasteiger partial charge on any atom is 0.166 e. The molecular weight excluding hydrogens is 597 g/mol. The van der Waals surface area contributed by atoms with Gasteiger partial charge in [-0.2, -0.15) is 0 Å². The van der Waals surface area contributed by atoms with Crippen LogP contribution in [-0.4, -0.2) is 19.5 Å². The fourth-order valence-electron chi connectivity index (χ4n) is 6.78. The van der Waals surface area contributed by atoms with Crippen molar-refractivity contribution in [2.75, 3.05) is 0 Å². The second kappa shape index (κ2) is 12.2. The van der Waals surface area contributed by atoms with Gasteiger partial charge in [-0.05, 0) is 46.5 Å². The van der Waals surface area contributed by atoms with Crippen LogP contribution < -0.4 is 0 Å². The Bertz CT molecular complexity index is 2560. The molecule has 4 nitrogen and oxygen atoms in total. The zero-order valence-corrected chi connectivity index (χ0v) is 26.6. The van der Waals surface area contributed by atoms with E-state index in [0.717, 1.165) is 44.4 Å². The first kappa shape index (κ1) is 28.6. The Kier molecular flexibility index (Phi) is 7.10. The highest BCUT2D eigenvalue weighted by Gasteiger charge is 2.21. The zero-order valence-electron chi connectivity index (χ0n) is 26.6. The summed E-state index contributed by atoms with van der Waals surface area (Å²) in [5.41, 5.74) is 10.8. The minimum absolute atomic E-state index is 0.628. The number of rotatable bonds is 6. The summed E-state index contributed by atoms with van der Waals surface area (Å²) in [4.78, 5) is 15.4. The summed E-state index contributed by atoms with van der Waals surface area (Å²) in [6.45, 7) is 0. The first-order valence-corrected chi connectivity index (χ1v) is 16.5. The largest absolute Gasteiger partial charge is 0.308 e. The maximum absolute atomic E-state index is 5.20. The summed E-state index contributed by atoms with van der Waals surface area (Å²) >= 11 is 0. The van der Waals surface area contributed by atoms with Crippen molar-refractivity contribution in [1.82, 2.24) is 19.5 Å². The SMILES string of the molecule is c1ccc(-c2ccc(-c3nc(-c4ccccc4)nc(-c4cccc5c6c(-c7ccccc7)cccc6n(-c6ccccc6)c45)n3)cc2)cc1. The lowest BCUT2D eigenvalue weighted by Gasteiger charge is -2.13. The molecule has 2 aromatic heterocycles. The number of benzene rings is 7. The second-order valence-corrected chi connectivity index (χ2v) is 12.1. The molecule has 0 aliphatic heterocycles. The van der Waals surface area contributed by atoms with Gasteiger partial charge in [-0.15, -0.1) is 0 Å². The molecule has 0 atom stereocenters. The molecule has 0 saturated heterocycles. The third kappa shape index (κ3) is 5.16. The van der Waals surface area contributed by atoms with Crippen LogP contribution in [0.4, 0.5) is 0 Å². The van der Waals surface area contributed by atoms with E-state index in [9.17, 15) is 0 Å². The van der Waals surface area contributed by atoms with Gasteiger partial charge in [0.15, 0.2) is 17.5 Å². The summed E-state index contributed by atoms with van der Waals surface area (Å²) in [7, 11) is 0. The smallest absolute Gasteiger partial charge is 0.166 e. The van der Waals surface area contributed by atoms with E-state index in [1.807, 2.05) is 24.3 Å². The molecule has 230 valence electrons. The first-order valence-electron chi connectivity index (χ1n) is 16.5. The molecule has 0 aliphatic rings. The van der Waals surface area contributed by atoms with Crippen molar-refractivity contribution in [3.8, 4) is 62.1 Å². The van der Waals surface area contributed by atoms with Crippen molar-refractivity contribution < 1.29 is 0 Å². The van der Waals surface area contributed by atoms with Gasteiger partial charge in [0.2, 0.25) is 0 Å². The normalized spacial score (nSPS) is 11.3. The van der Waals surface area contributed by atoms with Crippen molar-refractivity contribution in [1.29, 1.82) is 0 Å². The molecule has 9 rings (SSSR count). The van der Waals surface area contributed by atoms with Gasteiger partial charge >= 0.3 is 0 Å². The van der Waals surface area contributed by atoms with Crippen LogP contribution in [-0.2, 0) is 0 Å². The quantitative estimate of drug-likeness (QED) is 0.184. The highest BCUT2D eigenvalue weighted by Crippen LogP contribution is 2.42. The second-order valence-electron chi connectivity index (χ2n) is 12.1. The number of para-hydroxylation sites is 2. The average molecular weight is 627 g/mol. The van der Waals surface area contributed by atoms with Crippen LogP contribution in [0.25, 0.3) is 83.9 Å². The Balaban J connectivity index is 1.31. The number of hydrogen-bond donors (Lipinski definition) is 0. The van der Waals surface area contributed by atoms with Gasteiger partial charge in [0, 0.05) is 33.2 Å². The first-order chi connectivity index (χ1) is 24.3. The Labute approximate surface area is 284 Å². The zero-order chi connectivity index (χ0) is 32.6. The average Bonchev–Trinajstić information content (AvgIpc) is 3.54. The number of hydrogen-bond acceptors (Lipinski definition) is 3. The third-order valence-corrected chi connectivity index (χ3v) is 9.07. The molecule has 0 amide bonds. The van der Waals surface area contributed by atoms with Crippen LogP contribution in [0, 0.1) is 0 Å². The van der Waals surface area contributed by atoms with Gasteiger partial charge in [-0.3, -0.25) is 0 Å². The van der Waals surface area contributed by atoms with Crippen LogP contribution in [0.2, 0.25) is 0 Å². The van der Waals surface area contributed by atoms with Crippen LogP contribution >= 0.6 is 0 Å². The Morgan fingerprint density at radius 3 is 1.45 bits per heavy atom. The molecule has 2 heterocycles. The summed E-state index contributed by atoms with van der Waals surface area (Å²) in [5, 5.41) is 2.34. The van der Waals surface area contributed by atoms with E-state index in [1.54, 1.807) is 0 Å². The van der Waals surface area contributed by atoms with Crippen molar-refractivity contribution in [2.45, 2.75) is 0 Å². The standard InChI is InChI=1S/C45H30N4/c1-5-15-31(16-6-1)32-27-29-35(30-28-32)44-46-43(34-19-9-3-10-20-34)47-45(48-44)39-25-13-24-38-41-37(33-17-7-2-8-18-33)23-14-26-40(41)49(42(38)39)36-21-11-4-12-22-36/h1-30H. The molecule has 49 heavy (non-hydrogen) atoms. The molecule has 9 aromatic rings. The van der Waals surface area contributed by atoms with E-state index in [1.165, 1.54) is 22.1 Å². The van der Waals surface area contributed by atoms with Crippen molar-refractivity contribution in [3.63, 3.8) is 0 Å². The number of aromatic nitrogens is 4. The van der Waals surface area contributed by atoms with Gasteiger partial charge in [0.05, 0.1) is 11.0 Å². The molecule has 0 bridgehead atoms. The summed E-state index contributed by atoms with van der Waals surface area (Å²) < 4.78 is 2.35. The van der Waals surface area contributed by atoms with Crippen molar-refractivity contribution in [3.05, 3.63) is 182 Å². The van der Waals surface area contributed by atoms with Gasteiger partial charge in [0.1, 0.15) is 0 Å². The van der Waals surface area contributed by atoms with Crippen molar-refractivity contribution >= 4 is 21.8 Å². The predicted molar refractivity (Wildman–Crippen MR) is 201 cm³/mol. The summed E-state index contributed by atoms with van der Waals surface area (Å²) in [5.74, 6) is 1.90. The summed E-state index contributed by atoms with van der Waals surface area (Å²) in [6, 6.07) is 63.2. The third-order valence-electron chi connectivity index (χ3n) is 9.07. The monoisotopic (exact) mass is 626 g/mol. The molecule has 7 aromatic carbocycles. The van der Waals surface area contributed by atoms with E-state index in [-0.39, 0.29) is 0 Å². The molecule has 0 unspecified atom stereocenters. The van der Waals surface area contributed by atoms with E-state index in [0.29, 0.717) is 17.5 Å². The predicted octanol–water partition coefficient (Wildman–Crippen LogP) is 11.3. The number of fused-ring (bicyclic) bond motifs is 3. The molecule has 0 aliphatic carbocycles. The van der Waals surface area contributed by atoms with E-state index in [4.69, 9.17) is 15.0 Å². The molecule has 0 spiro atoms. The van der Waals surface area contributed by atoms with Crippen LogP contribution in [0.5, 0.6) is 0 Å². The molecular formula is C45H30N4. The lowest BCUT2D eigenvalue weighted by Crippen LogP contribution is -2.02. The fraction of sp³-hybridized carbons (Fsp3) is 0. The summed E-state index contributed by atoms with van der Waals surface area (Å²) in [6.07, 6.45) is 0. The van der Waals surface area contributed by atoms with Gasteiger partial charge in [0.25, 0.3) is 0 Å². The molecule has 0 saturated carbocycles. The van der Waals surface area contributed by atoms with E-state index >= 15 is 0 Å². The van der Waals surface area contributed by atoms with E-state index in [2.05, 4.69) is 162 Å². The van der Waals surface area contributed by atoms with Crippen LogP contribution in [0.3, 0.4) is 0 Å². The molecule has 0 radical (unpaired) electrons. The maximum atomic E-state index is 5.20. The van der Waals surface area contributed by atoms with Crippen molar-refractivity contribution in [2.24, 2.45) is 0 Å². The highest BCUT2D eigenvalue weighted by molar-refractivity contribution is 6.18. The van der Waals surface area contributed by atoms with Gasteiger partial charge in [-0.1, -0.05) is 158 Å². The fourth-order valence-corrected chi connectivity index (χ4v) is 6.78. The topological polar surface area (TPSA) is 43.6 Å². The van der Waals surface area contributed by atoms with Gasteiger partial charge < -0.3 is 4.57 Å². The molecule has 0 fully saturated rings. The molecule has 0 N–H and O–H groups in total. The minimum atomic E-state index is 0.628.